The lowest BCUT2D eigenvalue weighted by Gasteiger charge is -1.83. The summed E-state index contributed by atoms with van der Waals surface area (Å²) in [5.74, 6) is 0.991. The number of hydrogen-bond donors (Lipinski definition) is 0. The Balaban J connectivity index is 2.48. The molecule has 0 aliphatic heterocycles. The molecule has 0 aromatic carbocycles. The predicted molar refractivity (Wildman–Crippen MR) is 40.5 cm³/mol. The Labute approximate surface area is 62.5 Å². The molecule has 0 spiro atoms. The molecule has 1 aromatic rings. The van der Waals surface area contributed by atoms with Crippen molar-refractivity contribution < 1.29 is 4.42 Å². The first-order valence-electron chi connectivity index (χ1n) is 2.71. The van der Waals surface area contributed by atoms with Crippen LogP contribution in [0.25, 0.3) is 0 Å². The highest BCUT2D eigenvalue weighted by atomic mass is 79.9. The highest BCUT2D eigenvalue weighted by molar-refractivity contribution is 9.11. The average molecular weight is 187 g/mol. The van der Waals surface area contributed by atoms with Crippen molar-refractivity contribution in [2.24, 2.45) is 0 Å². The van der Waals surface area contributed by atoms with Crippen LogP contribution in [-0.2, 0) is 6.42 Å². The second-order valence-corrected chi connectivity index (χ2v) is 2.17. The van der Waals surface area contributed by atoms with Gasteiger partial charge in [0.25, 0.3) is 0 Å². The zero-order valence-corrected chi connectivity index (χ0v) is 6.47. The fraction of sp³-hybridized carbons (Fsp3) is 0.143. The Morgan fingerprint density at radius 1 is 1.67 bits per heavy atom. The Bertz CT molecular complexity index is 177. The summed E-state index contributed by atoms with van der Waals surface area (Å²) in [5, 5.41) is 0. The van der Waals surface area contributed by atoms with Gasteiger partial charge in [0, 0.05) is 6.42 Å². The Hall–Kier alpha value is -0.500. The van der Waals surface area contributed by atoms with E-state index in [1.54, 1.807) is 6.26 Å². The number of halogens is 1. The molecular weight excluding hydrogens is 180 g/mol. The summed E-state index contributed by atoms with van der Waals surface area (Å²) in [6.45, 7) is 0. The highest BCUT2D eigenvalue weighted by Crippen LogP contribution is 2.01. The van der Waals surface area contributed by atoms with Crippen LogP contribution in [0.1, 0.15) is 5.76 Å². The second-order valence-electron chi connectivity index (χ2n) is 1.65. The van der Waals surface area contributed by atoms with Gasteiger partial charge in [-0.2, -0.15) is 0 Å². The summed E-state index contributed by atoms with van der Waals surface area (Å²) >= 11 is 3.17. The summed E-state index contributed by atoms with van der Waals surface area (Å²) in [6, 6.07) is 3.84. The van der Waals surface area contributed by atoms with Crippen LogP contribution in [0.4, 0.5) is 0 Å². The number of rotatable bonds is 2. The fourth-order valence-corrected chi connectivity index (χ4v) is 0.776. The van der Waals surface area contributed by atoms with Gasteiger partial charge in [-0.15, -0.1) is 0 Å². The molecule has 0 aliphatic carbocycles. The van der Waals surface area contributed by atoms with Crippen LogP contribution >= 0.6 is 15.9 Å². The van der Waals surface area contributed by atoms with Gasteiger partial charge in [-0.05, 0) is 17.1 Å². The van der Waals surface area contributed by atoms with E-state index in [0.717, 1.165) is 12.2 Å². The maximum atomic E-state index is 5.06. The second kappa shape index (κ2) is 3.51. The molecule has 0 unspecified atom stereocenters. The largest absolute Gasteiger partial charge is 0.469 e. The van der Waals surface area contributed by atoms with Crippen molar-refractivity contribution in [3.05, 3.63) is 35.2 Å². The zero-order chi connectivity index (χ0) is 6.53. The van der Waals surface area contributed by atoms with E-state index >= 15 is 0 Å². The Morgan fingerprint density at radius 3 is 3.11 bits per heavy atom. The maximum absolute atomic E-state index is 5.06. The minimum Gasteiger partial charge on any atom is -0.469 e. The summed E-state index contributed by atoms with van der Waals surface area (Å²) in [4.78, 5) is 1.83. The van der Waals surface area contributed by atoms with Crippen molar-refractivity contribution in [3.63, 3.8) is 0 Å². The van der Waals surface area contributed by atoms with Crippen molar-refractivity contribution in [2.45, 2.75) is 6.42 Å². The van der Waals surface area contributed by atoms with Gasteiger partial charge in [-0.25, -0.2) is 0 Å². The summed E-state index contributed by atoms with van der Waals surface area (Å²) < 4.78 is 5.06. The molecule has 0 radical (unpaired) electrons. The fourth-order valence-electron chi connectivity index (χ4n) is 0.589. The van der Waals surface area contributed by atoms with E-state index in [1.165, 1.54) is 0 Å². The smallest absolute Gasteiger partial charge is 0.107 e. The highest BCUT2D eigenvalue weighted by Gasteiger charge is 1.87. The number of furan rings is 1. The molecule has 0 atom stereocenters. The normalized spacial score (nSPS) is 10.8. The molecule has 0 bridgehead atoms. The first kappa shape index (κ1) is 6.62. The third kappa shape index (κ3) is 2.06. The zero-order valence-electron chi connectivity index (χ0n) is 4.88. The van der Waals surface area contributed by atoms with Crippen LogP contribution < -0.4 is 0 Å². The van der Waals surface area contributed by atoms with Crippen LogP contribution in [0.5, 0.6) is 0 Å². The first-order chi connectivity index (χ1) is 4.43. The molecule has 1 nitrogen and oxygen atoms in total. The summed E-state index contributed by atoms with van der Waals surface area (Å²) in [6.07, 6.45) is 4.52. The topological polar surface area (TPSA) is 13.1 Å². The lowest BCUT2D eigenvalue weighted by Crippen LogP contribution is -1.70. The van der Waals surface area contributed by atoms with Crippen molar-refractivity contribution in [2.75, 3.05) is 0 Å². The molecule has 0 saturated carbocycles. The molecule has 0 fully saturated rings. The van der Waals surface area contributed by atoms with E-state index in [-0.39, 0.29) is 0 Å². The van der Waals surface area contributed by atoms with Gasteiger partial charge in [0.15, 0.2) is 0 Å². The quantitative estimate of drug-likeness (QED) is 0.693. The molecule has 48 valence electrons. The third-order valence-corrected chi connectivity index (χ3v) is 1.36. The first-order valence-corrected chi connectivity index (χ1v) is 3.62. The van der Waals surface area contributed by atoms with Gasteiger partial charge >= 0.3 is 0 Å². The summed E-state index contributed by atoms with van der Waals surface area (Å²) in [7, 11) is 0. The van der Waals surface area contributed by atoms with Crippen LogP contribution in [0.2, 0.25) is 0 Å². The van der Waals surface area contributed by atoms with Gasteiger partial charge in [-0.3, -0.25) is 0 Å². The maximum Gasteiger partial charge on any atom is 0.107 e. The van der Waals surface area contributed by atoms with Crippen molar-refractivity contribution >= 4 is 15.9 Å². The van der Waals surface area contributed by atoms with E-state index in [9.17, 15) is 0 Å². The van der Waals surface area contributed by atoms with E-state index in [4.69, 9.17) is 4.42 Å². The molecule has 0 amide bonds. The van der Waals surface area contributed by atoms with Crippen LogP contribution in [0, 0.1) is 0 Å². The number of allylic oxidation sites excluding steroid dienone is 1. The molecule has 0 aliphatic rings. The van der Waals surface area contributed by atoms with Gasteiger partial charge < -0.3 is 4.42 Å². The van der Waals surface area contributed by atoms with Crippen molar-refractivity contribution in [3.8, 4) is 0 Å². The van der Waals surface area contributed by atoms with E-state index in [2.05, 4.69) is 15.9 Å². The molecular formula is C7H7BrO. The van der Waals surface area contributed by atoms with Crippen LogP contribution in [-0.4, -0.2) is 0 Å². The lowest BCUT2D eigenvalue weighted by atomic mass is 10.3. The molecule has 0 saturated heterocycles. The van der Waals surface area contributed by atoms with E-state index in [0.29, 0.717) is 0 Å². The SMILES string of the molecule is BrC=CCc1ccco1. The molecule has 1 rings (SSSR count). The molecule has 9 heavy (non-hydrogen) atoms. The van der Waals surface area contributed by atoms with Gasteiger partial charge in [-0.1, -0.05) is 22.0 Å². The van der Waals surface area contributed by atoms with Crippen LogP contribution in [0.3, 0.4) is 0 Å². The van der Waals surface area contributed by atoms with E-state index in [1.807, 2.05) is 23.2 Å². The monoisotopic (exact) mass is 186 g/mol. The Kier molecular flexibility index (Phi) is 2.58. The number of hydrogen-bond acceptors (Lipinski definition) is 1. The summed E-state index contributed by atoms with van der Waals surface area (Å²) in [5.41, 5.74) is 0. The molecule has 1 heterocycles. The van der Waals surface area contributed by atoms with Crippen LogP contribution in [0.15, 0.2) is 33.9 Å². The molecule has 1 aromatic heterocycles. The molecule has 2 heteroatoms. The van der Waals surface area contributed by atoms with Crippen molar-refractivity contribution in [1.82, 2.24) is 0 Å². The van der Waals surface area contributed by atoms with Gasteiger partial charge in [0.05, 0.1) is 6.26 Å². The lowest BCUT2D eigenvalue weighted by molar-refractivity contribution is 0.523. The third-order valence-electron chi connectivity index (χ3n) is 0.988. The van der Waals surface area contributed by atoms with Gasteiger partial charge in [0.1, 0.15) is 5.76 Å². The van der Waals surface area contributed by atoms with Crippen molar-refractivity contribution in [1.29, 1.82) is 0 Å². The average Bonchev–Trinajstić information content (AvgIpc) is 2.34. The minimum absolute atomic E-state index is 0.859. The van der Waals surface area contributed by atoms with E-state index < -0.39 is 0 Å². The standard InChI is InChI=1S/C7H7BrO/c8-5-1-3-7-4-2-6-9-7/h1-2,4-6H,3H2. The minimum atomic E-state index is 0.859. The predicted octanol–water partition coefficient (Wildman–Crippen LogP) is 2.73. The Morgan fingerprint density at radius 2 is 2.56 bits per heavy atom. The molecule has 0 N–H and O–H groups in total. The van der Waals surface area contributed by atoms with Gasteiger partial charge in [0.2, 0.25) is 0 Å².